The predicted molar refractivity (Wildman–Crippen MR) is 112 cm³/mol. The number of benzene rings is 2. The van der Waals surface area contributed by atoms with Crippen LogP contribution >= 0.6 is 11.6 Å². The van der Waals surface area contributed by atoms with Crippen LogP contribution in [0.4, 0.5) is 4.39 Å². The number of hydrogen-bond acceptors (Lipinski definition) is 4. The zero-order valence-electron chi connectivity index (χ0n) is 15.7. The molecule has 1 aliphatic rings. The number of imidazole rings is 1. The van der Waals surface area contributed by atoms with Gasteiger partial charge in [-0.25, -0.2) is 9.37 Å². The van der Waals surface area contributed by atoms with Crippen molar-refractivity contribution in [3.8, 4) is 5.69 Å². The summed E-state index contributed by atoms with van der Waals surface area (Å²) in [5.74, 6) is 0.333. The van der Waals surface area contributed by atoms with Gasteiger partial charge in [0.1, 0.15) is 11.6 Å². The van der Waals surface area contributed by atoms with Crippen molar-refractivity contribution in [1.82, 2.24) is 14.9 Å². The molecule has 5 nitrogen and oxygen atoms in total. The van der Waals surface area contributed by atoms with Gasteiger partial charge in [-0.2, -0.15) is 0 Å². The van der Waals surface area contributed by atoms with Gasteiger partial charge in [-0.05, 0) is 30.3 Å². The van der Waals surface area contributed by atoms with Gasteiger partial charge in [0.05, 0.1) is 35.9 Å². The van der Waals surface area contributed by atoms with Crippen LogP contribution in [0.2, 0.25) is 5.02 Å². The molecule has 0 amide bonds. The number of aromatic nitrogens is 2. The third kappa shape index (κ3) is 3.62. The Morgan fingerprint density at radius 3 is 2.83 bits per heavy atom. The fraction of sp³-hybridized carbons (Fsp3) is 0.182. The second-order valence-electron chi connectivity index (χ2n) is 6.64. The van der Waals surface area contributed by atoms with E-state index in [9.17, 15) is 9.50 Å². The molecule has 148 valence electrons. The number of aliphatic hydroxyl groups is 1. The number of fused-ring (bicyclic) bond motifs is 3. The summed E-state index contributed by atoms with van der Waals surface area (Å²) in [4.78, 5) is 9.27. The van der Waals surface area contributed by atoms with E-state index in [4.69, 9.17) is 11.6 Å². The second kappa shape index (κ2) is 8.29. The number of aliphatic hydroxyl groups excluding tert-OH is 1. The van der Waals surface area contributed by atoms with Crippen LogP contribution in [0.5, 0.6) is 0 Å². The zero-order chi connectivity index (χ0) is 20.4. The molecular weight excluding hydrogens is 391 g/mol. The van der Waals surface area contributed by atoms with Crippen molar-refractivity contribution in [3.05, 3.63) is 94.3 Å². The normalized spacial score (nSPS) is 12.7. The number of nitrogens with zero attached hydrogens (tertiary/aromatic N) is 3. The van der Waals surface area contributed by atoms with Crippen LogP contribution < -0.4 is 5.32 Å². The van der Waals surface area contributed by atoms with Gasteiger partial charge in [-0.3, -0.25) is 9.56 Å². The average Bonchev–Trinajstić information content (AvgIpc) is 2.99. The summed E-state index contributed by atoms with van der Waals surface area (Å²) >= 11 is 6.29. The second-order valence-corrected chi connectivity index (χ2v) is 7.08. The molecule has 0 atom stereocenters. The Bertz CT molecular complexity index is 1110. The smallest absolute Gasteiger partial charge is 0.135 e. The first kappa shape index (κ1) is 19.5. The quantitative estimate of drug-likeness (QED) is 0.480. The largest absolute Gasteiger partial charge is 0.390 e. The van der Waals surface area contributed by atoms with Crippen molar-refractivity contribution in [2.45, 2.75) is 19.7 Å². The fourth-order valence-corrected chi connectivity index (χ4v) is 3.73. The molecule has 1 aliphatic heterocycles. The molecule has 0 bridgehead atoms. The minimum Gasteiger partial charge on any atom is -0.390 e. The SMILES string of the molecule is C=CCNCc1c(CO)nc2n1-c1ccc(Cl)cc1C(c1ccccc1F)=NC2. The topological polar surface area (TPSA) is 62.4 Å². The lowest BCUT2D eigenvalue weighted by Gasteiger charge is -2.16. The highest BCUT2D eigenvalue weighted by Crippen LogP contribution is 2.30. The van der Waals surface area contributed by atoms with Crippen molar-refractivity contribution in [1.29, 1.82) is 0 Å². The lowest BCUT2D eigenvalue weighted by Crippen LogP contribution is -2.18. The molecule has 0 fully saturated rings. The first-order valence-electron chi connectivity index (χ1n) is 9.25. The molecule has 4 rings (SSSR count). The first-order chi connectivity index (χ1) is 14.1. The summed E-state index contributed by atoms with van der Waals surface area (Å²) < 4.78 is 16.5. The van der Waals surface area contributed by atoms with Gasteiger partial charge >= 0.3 is 0 Å². The maximum atomic E-state index is 14.6. The molecule has 0 spiro atoms. The van der Waals surface area contributed by atoms with E-state index in [1.54, 1.807) is 36.4 Å². The molecule has 0 unspecified atom stereocenters. The van der Waals surface area contributed by atoms with Crippen LogP contribution in [0.25, 0.3) is 5.69 Å². The van der Waals surface area contributed by atoms with Crippen LogP contribution in [-0.4, -0.2) is 26.9 Å². The molecular formula is C22H20ClFN4O. The fourth-order valence-electron chi connectivity index (χ4n) is 3.56. The van der Waals surface area contributed by atoms with E-state index in [1.165, 1.54) is 6.07 Å². The van der Waals surface area contributed by atoms with E-state index in [1.807, 2.05) is 10.6 Å². The van der Waals surface area contributed by atoms with Crippen molar-refractivity contribution >= 4 is 17.3 Å². The zero-order valence-corrected chi connectivity index (χ0v) is 16.5. The van der Waals surface area contributed by atoms with Crippen LogP contribution in [0.3, 0.4) is 0 Å². The van der Waals surface area contributed by atoms with E-state index in [0.29, 0.717) is 46.5 Å². The summed E-state index contributed by atoms with van der Waals surface area (Å²) in [6.07, 6.45) is 1.77. The van der Waals surface area contributed by atoms with Crippen LogP contribution in [0.15, 0.2) is 60.1 Å². The molecule has 0 radical (unpaired) electrons. The molecule has 0 aliphatic carbocycles. The highest BCUT2D eigenvalue weighted by molar-refractivity contribution is 6.31. The van der Waals surface area contributed by atoms with E-state index >= 15 is 0 Å². The van der Waals surface area contributed by atoms with Crippen molar-refractivity contribution in [2.75, 3.05) is 6.54 Å². The van der Waals surface area contributed by atoms with Gasteiger partial charge in [-0.1, -0.05) is 29.8 Å². The summed E-state index contributed by atoms with van der Waals surface area (Å²) in [7, 11) is 0. The number of halogens is 2. The number of nitrogens with one attached hydrogen (secondary N) is 1. The number of aliphatic imine (C=N–C) groups is 1. The third-order valence-electron chi connectivity index (χ3n) is 4.82. The van der Waals surface area contributed by atoms with Gasteiger partial charge < -0.3 is 10.4 Å². The summed E-state index contributed by atoms with van der Waals surface area (Å²) in [6, 6.07) is 12.0. The Labute approximate surface area is 173 Å². The Hall–Kier alpha value is -2.80. The van der Waals surface area contributed by atoms with Gasteiger partial charge in [0.2, 0.25) is 0 Å². The van der Waals surface area contributed by atoms with E-state index < -0.39 is 0 Å². The highest BCUT2D eigenvalue weighted by atomic mass is 35.5. The lowest BCUT2D eigenvalue weighted by atomic mass is 10.00. The molecule has 2 aromatic carbocycles. The van der Waals surface area contributed by atoms with Crippen LogP contribution in [0, 0.1) is 5.82 Å². The van der Waals surface area contributed by atoms with Gasteiger partial charge in [0.25, 0.3) is 0 Å². The third-order valence-corrected chi connectivity index (χ3v) is 5.05. The summed E-state index contributed by atoms with van der Waals surface area (Å²) in [5, 5.41) is 13.6. The van der Waals surface area contributed by atoms with Crippen LogP contribution in [0.1, 0.15) is 28.3 Å². The lowest BCUT2D eigenvalue weighted by molar-refractivity contribution is 0.275. The Balaban J connectivity index is 1.92. The summed E-state index contributed by atoms with van der Waals surface area (Å²) in [6.45, 7) is 4.90. The Kier molecular flexibility index (Phi) is 5.58. The van der Waals surface area contributed by atoms with Gasteiger partial charge in [0, 0.05) is 29.2 Å². The Morgan fingerprint density at radius 2 is 2.07 bits per heavy atom. The van der Waals surface area contributed by atoms with E-state index in [-0.39, 0.29) is 19.0 Å². The molecule has 2 N–H and O–H groups in total. The summed E-state index contributed by atoms with van der Waals surface area (Å²) in [5.41, 5.74) is 3.87. The van der Waals surface area contributed by atoms with Crippen molar-refractivity contribution < 1.29 is 9.50 Å². The molecule has 0 saturated heterocycles. The average molecular weight is 411 g/mol. The number of hydrogen-bond donors (Lipinski definition) is 2. The molecule has 2 heterocycles. The standard InChI is InChI=1S/C22H20ClFN4O/c1-2-9-25-11-20-18(13-29)27-21-12-26-22(15-5-3-4-6-17(15)24)16-10-14(23)7-8-19(16)28(20)21/h2-8,10,25,29H,1,9,11-13H2. The molecule has 29 heavy (non-hydrogen) atoms. The molecule has 1 aromatic heterocycles. The van der Waals surface area contributed by atoms with Crippen molar-refractivity contribution in [3.63, 3.8) is 0 Å². The van der Waals surface area contributed by atoms with E-state index in [0.717, 1.165) is 11.4 Å². The van der Waals surface area contributed by atoms with Crippen molar-refractivity contribution in [2.24, 2.45) is 4.99 Å². The first-order valence-corrected chi connectivity index (χ1v) is 9.63. The predicted octanol–water partition coefficient (Wildman–Crippen LogP) is 3.78. The molecule has 0 saturated carbocycles. The van der Waals surface area contributed by atoms with Crippen LogP contribution in [-0.2, 0) is 19.7 Å². The monoisotopic (exact) mass is 410 g/mol. The molecule has 7 heteroatoms. The molecule has 3 aromatic rings. The van der Waals surface area contributed by atoms with Gasteiger partial charge in [0.15, 0.2) is 0 Å². The maximum absolute atomic E-state index is 14.6. The van der Waals surface area contributed by atoms with Gasteiger partial charge in [-0.15, -0.1) is 6.58 Å². The minimum atomic E-state index is -0.347. The maximum Gasteiger partial charge on any atom is 0.135 e. The van der Waals surface area contributed by atoms with E-state index in [2.05, 4.69) is 21.9 Å². The Morgan fingerprint density at radius 1 is 1.24 bits per heavy atom. The number of rotatable bonds is 6. The minimum absolute atomic E-state index is 0.183. The highest BCUT2D eigenvalue weighted by Gasteiger charge is 2.25.